The van der Waals surface area contributed by atoms with Crippen molar-refractivity contribution in [3.63, 3.8) is 0 Å². The van der Waals surface area contributed by atoms with Crippen LogP contribution in [0.15, 0.2) is 12.1 Å². The fourth-order valence-corrected chi connectivity index (χ4v) is 3.63. The lowest BCUT2D eigenvalue weighted by Crippen LogP contribution is -2.48. The van der Waals surface area contributed by atoms with Gasteiger partial charge in [0.15, 0.2) is 0 Å². The van der Waals surface area contributed by atoms with Gasteiger partial charge in [-0.3, -0.25) is 9.59 Å². The number of piperidine rings is 1. The van der Waals surface area contributed by atoms with Crippen LogP contribution in [0.25, 0.3) is 0 Å². The van der Waals surface area contributed by atoms with E-state index >= 15 is 0 Å². The minimum Gasteiger partial charge on any atom is -0.369 e. The van der Waals surface area contributed by atoms with Gasteiger partial charge in [0.05, 0.1) is 10.3 Å². The van der Waals surface area contributed by atoms with E-state index < -0.39 is 0 Å². The zero-order chi connectivity index (χ0) is 14.7. The van der Waals surface area contributed by atoms with E-state index in [9.17, 15) is 9.59 Å². The minimum absolute atomic E-state index is 0.0907. The van der Waals surface area contributed by atoms with Gasteiger partial charge in [-0.15, -0.1) is 11.3 Å². The van der Waals surface area contributed by atoms with Crippen LogP contribution in [0.4, 0.5) is 0 Å². The van der Waals surface area contributed by atoms with Crippen molar-refractivity contribution in [1.82, 2.24) is 4.90 Å². The average Bonchev–Trinajstić information content (AvgIpc) is 2.82. The summed E-state index contributed by atoms with van der Waals surface area (Å²) in [5, 5.41) is 0. The zero-order valence-electron chi connectivity index (χ0n) is 11.5. The Morgan fingerprint density at radius 2 is 2.20 bits per heavy atom. The highest BCUT2D eigenvalue weighted by Crippen LogP contribution is 2.25. The summed E-state index contributed by atoms with van der Waals surface area (Å²) in [5.41, 5.74) is 5.35. The van der Waals surface area contributed by atoms with Crippen LogP contribution < -0.4 is 5.73 Å². The van der Waals surface area contributed by atoms with Crippen molar-refractivity contribution in [2.75, 3.05) is 6.54 Å². The summed E-state index contributed by atoms with van der Waals surface area (Å²) in [6, 6.07) is 3.98. The van der Waals surface area contributed by atoms with Crippen molar-refractivity contribution in [2.45, 2.75) is 38.6 Å². The molecule has 1 aromatic rings. The first kappa shape index (κ1) is 15.3. The van der Waals surface area contributed by atoms with E-state index in [4.69, 9.17) is 17.3 Å². The molecule has 1 saturated heterocycles. The lowest BCUT2D eigenvalue weighted by molar-refractivity contribution is -0.137. The number of amides is 2. The zero-order valence-corrected chi connectivity index (χ0v) is 13.0. The Kier molecular flexibility index (Phi) is 5.05. The third kappa shape index (κ3) is 3.73. The molecule has 2 amide bonds. The monoisotopic (exact) mass is 314 g/mol. The molecule has 0 unspecified atom stereocenters. The van der Waals surface area contributed by atoms with E-state index in [1.165, 1.54) is 11.3 Å². The summed E-state index contributed by atoms with van der Waals surface area (Å²) in [4.78, 5) is 26.5. The maximum atomic E-state index is 12.3. The standard InChI is InChI=1S/C14H19ClN2O2S/c1-9-2-3-10(14(16)19)8-17(9)13(18)7-5-11-4-6-12(15)20-11/h4,6,9-10H,2-3,5,7-8H2,1H3,(H2,16,19)/t9-,10-/m0/s1. The van der Waals surface area contributed by atoms with E-state index in [1.807, 2.05) is 19.1 Å². The average molecular weight is 315 g/mol. The lowest BCUT2D eigenvalue weighted by Gasteiger charge is -2.37. The Morgan fingerprint density at radius 1 is 1.45 bits per heavy atom. The van der Waals surface area contributed by atoms with Gasteiger partial charge in [0.25, 0.3) is 0 Å². The van der Waals surface area contributed by atoms with E-state index in [0.717, 1.165) is 22.1 Å². The van der Waals surface area contributed by atoms with Crippen LogP contribution in [0.2, 0.25) is 4.34 Å². The van der Waals surface area contributed by atoms with E-state index in [1.54, 1.807) is 4.90 Å². The van der Waals surface area contributed by atoms with Gasteiger partial charge in [0.1, 0.15) is 0 Å². The Labute approximate surface area is 127 Å². The molecule has 20 heavy (non-hydrogen) atoms. The molecule has 2 N–H and O–H groups in total. The summed E-state index contributed by atoms with van der Waals surface area (Å²) >= 11 is 7.38. The van der Waals surface area contributed by atoms with Crippen molar-refractivity contribution in [1.29, 1.82) is 0 Å². The molecule has 1 aliphatic rings. The second-order valence-corrected chi connectivity index (χ2v) is 7.08. The Bertz CT molecular complexity index is 503. The number of aryl methyl sites for hydroxylation is 1. The summed E-state index contributed by atoms with van der Waals surface area (Å²) in [6.45, 7) is 2.48. The van der Waals surface area contributed by atoms with Crippen LogP contribution in [-0.4, -0.2) is 29.3 Å². The van der Waals surface area contributed by atoms with Crippen molar-refractivity contribution in [3.8, 4) is 0 Å². The molecule has 2 atom stereocenters. The number of carbonyl (C=O) groups excluding carboxylic acids is 2. The van der Waals surface area contributed by atoms with Crippen molar-refractivity contribution >= 4 is 34.8 Å². The molecular formula is C14H19ClN2O2S. The molecule has 1 fully saturated rings. The first-order valence-electron chi connectivity index (χ1n) is 6.80. The van der Waals surface area contributed by atoms with E-state index in [2.05, 4.69) is 0 Å². The molecular weight excluding hydrogens is 296 g/mol. The number of thiophene rings is 1. The third-order valence-electron chi connectivity index (χ3n) is 3.82. The molecule has 0 aliphatic carbocycles. The maximum Gasteiger partial charge on any atom is 0.223 e. The molecule has 0 saturated carbocycles. The summed E-state index contributed by atoms with van der Waals surface area (Å²) in [6.07, 6.45) is 2.76. The Hall–Kier alpha value is -1.07. The summed E-state index contributed by atoms with van der Waals surface area (Å²) in [5.74, 6) is -0.418. The first-order valence-corrected chi connectivity index (χ1v) is 8.00. The van der Waals surface area contributed by atoms with Crippen LogP contribution >= 0.6 is 22.9 Å². The SMILES string of the molecule is C[C@H]1CC[C@H](C(N)=O)CN1C(=O)CCc1ccc(Cl)s1. The molecule has 6 heteroatoms. The molecule has 2 heterocycles. The molecule has 1 aromatic heterocycles. The quantitative estimate of drug-likeness (QED) is 0.927. The van der Waals surface area contributed by atoms with Crippen molar-refractivity contribution in [2.24, 2.45) is 11.7 Å². The van der Waals surface area contributed by atoms with Gasteiger partial charge in [-0.05, 0) is 38.3 Å². The lowest BCUT2D eigenvalue weighted by atomic mass is 9.92. The number of hydrogen-bond acceptors (Lipinski definition) is 3. The smallest absolute Gasteiger partial charge is 0.223 e. The number of halogens is 1. The highest BCUT2D eigenvalue weighted by molar-refractivity contribution is 7.16. The molecule has 0 radical (unpaired) electrons. The molecule has 0 bridgehead atoms. The number of hydrogen-bond donors (Lipinski definition) is 1. The first-order chi connectivity index (χ1) is 9.47. The number of likely N-dealkylation sites (tertiary alicyclic amines) is 1. The summed E-state index contributed by atoms with van der Waals surface area (Å²) < 4.78 is 0.743. The molecule has 0 aromatic carbocycles. The van der Waals surface area contributed by atoms with Gasteiger partial charge >= 0.3 is 0 Å². The second kappa shape index (κ2) is 6.59. The van der Waals surface area contributed by atoms with Gasteiger partial charge in [0.2, 0.25) is 11.8 Å². The normalized spacial score (nSPS) is 22.8. The third-order valence-corrected chi connectivity index (χ3v) is 5.11. The van der Waals surface area contributed by atoms with Gasteiger partial charge in [-0.1, -0.05) is 11.6 Å². The van der Waals surface area contributed by atoms with E-state index in [-0.39, 0.29) is 23.8 Å². The highest BCUT2D eigenvalue weighted by atomic mass is 35.5. The van der Waals surface area contributed by atoms with Gasteiger partial charge in [-0.25, -0.2) is 0 Å². The second-order valence-electron chi connectivity index (χ2n) is 5.28. The fraction of sp³-hybridized carbons (Fsp3) is 0.571. The van der Waals surface area contributed by atoms with Crippen LogP contribution in [-0.2, 0) is 16.0 Å². The maximum absolute atomic E-state index is 12.3. The van der Waals surface area contributed by atoms with Crippen LogP contribution in [0.3, 0.4) is 0 Å². The Balaban J connectivity index is 1.91. The van der Waals surface area contributed by atoms with Gasteiger partial charge in [0, 0.05) is 23.9 Å². The number of rotatable bonds is 4. The fourth-order valence-electron chi connectivity index (χ4n) is 2.55. The number of nitrogens with zero attached hydrogens (tertiary/aromatic N) is 1. The highest BCUT2D eigenvalue weighted by Gasteiger charge is 2.31. The molecule has 0 spiro atoms. The predicted molar refractivity (Wildman–Crippen MR) is 80.7 cm³/mol. The van der Waals surface area contributed by atoms with Crippen molar-refractivity contribution in [3.05, 3.63) is 21.3 Å². The number of primary amides is 1. The topological polar surface area (TPSA) is 63.4 Å². The van der Waals surface area contributed by atoms with Crippen LogP contribution in [0.1, 0.15) is 31.1 Å². The van der Waals surface area contributed by atoms with Gasteiger partial charge in [-0.2, -0.15) is 0 Å². The number of nitrogens with two attached hydrogens (primary N) is 1. The summed E-state index contributed by atoms with van der Waals surface area (Å²) in [7, 11) is 0. The van der Waals surface area contributed by atoms with Gasteiger partial charge < -0.3 is 10.6 Å². The number of carbonyl (C=O) groups is 2. The largest absolute Gasteiger partial charge is 0.369 e. The Morgan fingerprint density at radius 3 is 2.80 bits per heavy atom. The van der Waals surface area contributed by atoms with E-state index in [0.29, 0.717) is 19.4 Å². The van der Waals surface area contributed by atoms with Crippen molar-refractivity contribution < 1.29 is 9.59 Å². The molecule has 4 nitrogen and oxygen atoms in total. The molecule has 1 aliphatic heterocycles. The predicted octanol–water partition coefficient (Wildman–Crippen LogP) is 2.45. The molecule has 2 rings (SSSR count). The van der Waals surface area contributed by atoms with Crippen LogP contribution in [0, 0.1) is 5.92 Å². The molecule has 110 valence electrons. The minimum atomic E-state index is -0.306. The van der Waals surface area contributed by atoms with Crippen LogP contribution in [0.5, 0.6) is 0 Å².